The van der Waals surface area contributed by atoms with Gasteiger partial charge in [-0.2, -0.15) is 0 Å². The van der Waals surface area contributed by atoms with Gasteiger partial charge in [0.1, 0.15) is 11.6 Å². The number of anilines is 1. The lowest BCUT2D eigenvalue weighted by molar-refractivity contribution is 0.260. The van der Waals surface area contributed by atoms with E-state index in [0.29, 0.717) is 36.8 Å². The molecule has 0 radical (unpaired) electrons. The third-order valence-electron chi connectivity index (χ3n) is 4.54. The maximum Gasteiger partial charge on any atom is 0.251 e. The van der Waals surface area contributed by atoms with E-state index in [0.717, 1.165) is 16.8 Å². The number of aryl methyl sites for hydroxylation is 1. The average molecular weight is 366 g/mol. The number of pyridine rings is 1. The smallest absolute Gasteiger partial charge is 0.251 e. The number of hydrogen-bond donors (Lipinski definition) is 2. The highest BCUT2D eigenvalue weighted by atomic mass is 19.1. The Morgan fingerprint density at radius 2 is 2.22 bits per heavy atom. The molecule has 2 N–H and O–H groups in total. The molecule has 1 atom stereocenters. The van der Waals surface area contributed by atoms with Gasteiger partial charge in [-0.3, -0.25) is 4.79 Å². The minimum absolute atomic E-state index is 0.0795. The second kappa shape index (κ2) is 7.19. The zero-order valence-electron chi connectivity index (χ0n) is 14.8. The minimum atomic E-state index is -0.354. The number of aromatic nitrogens is 3. The summed E-state index contributed by atoms with van der Waals surface area (Å²) in [6, 6.07) is 10.0. The first-order valence-corrected chi connectivity index (χ1v) is 8.88. The normalized spacial score (nSPS) is 15.7. The molecule has 0 spiro atoms. The quantitative estimate of drug-likeness (QED) is 0.739. The van der Waals surface area contributed by atoms with Gasteiger partial charge in [0.2, 0.25) is 0 Å². The van der Waals surface area contributed by atoms with Crippen LogP contribution < -0.4 is 15.6 Å². The Morgan fingerprint density at radius 1 is 1.33 bits per heavy atom. The van der Waals surface area contributed by atoms with Crippen LogP contribution in [0.15, 0.2) is 47.4 Å². The van der Waals surface area contributed by atoms with Crippen LogP contribution in [0.2, 0.25) is 0 Å². The number of halogens is 1. The highest BCUT2D eigenvalue weighted by Gasteiger charge is 2.24. The number of fused-ring (bicyclic) bond motifs is 1. The molecule has 0 aliphatic carbocycles. The van der Waals surface area contributed by atoms with Gasteiger partial charge in [-0.15, -0.1) is 0 Å². The van der Waals surface area contributed by atoms with Crippen LogP contribution in [0.25, 0.3) is 11.4 Å². The fourth-order valence-corrected chi connectivity index (χ4v) is 3.16. The van der Waals surface area contributed by atoms with E-state index in [1.807, 2.05) is 25.1 Å². The summed E-state index contributed by atoms with van der Waals surface area (Å²) in [6.07, 6.45) is 3.06. The third kappa shape index (κ3) is 3.53. The summed E-state index contributed by atoms with van der Waals surface area (Å²) in [4.78, 5) is 23.3. The van der Waals surface area contributed by atoms with Crippen molar-refractivity contribution in [3.8, 4) is 17.1 Å². The molecule has 1 aromatic carbocycles. The number of ether oxygens (including phenoxy) is 1. The van der Waals surface area contributed by atoms with Crippen molar-refractivity contribution in [2.45, 2.75) is 25.8 Å². The van der Waals surface area contributed by atoms with Crippen molar-refractivity contribution in [2.75, 3.05) is 11.9 Å². The van der Waals surface area contributed by atoms with Crippen LogP contribution in [0, 0.1) is 5.82 Å². The van der Waals surface area contributed by atoms with E-state index in [9.17, 15) is 9.18 Å². The van der Waals surface area contributed by atoms with Crippen LogP contribution >= 0.6 is 0 Å². The number of para-hydroxylation sites is 1. The van der Waals surface area contributed by atoms with Gasteiger partial charge in [0.25, 0.3) is 5.56 Å². The van der Waals surface area contributed by atoms with Gasteiger partial charge in [-0.1, -0.05) is 19.1 Å². The molecule has 4 rings (SSSR count). The Kier molecular flexibility index (Phi) is 4.58. The molecule has 3 heterocycles. The minimum Gasteiger partial charge on any atom is -0.490 e. The van der Waals surface area contributed by atoms with Crippen LogP contribution in [0.1, 0.15) is 30.6 Å². The van der Waals surface area contributed by atoms with Crippen molar-refractivity contribution < 1.29 is 9.13 Å². The summed E-state index contributed by atoms with van der Waals surface area (Å²) in [6.45, 7) is 2.39. The van der Waals surface area contributed by atoms with E-state index in [2.05, 4.69) is 20.3 Å². The lowest BCUT2D eigenvalue weighted by Gasteiger charge is -2.27. The molecule has 0 unspecified atom stereocenters. The number of nitrogens with zero attached hydrogens (tertiary/aromatic N) is 2. The molecule has 6 nitrogen and oxygen atoms in total. The van der Waals surface area contributed by atoms with Gasteiger partial charge in [-0.05, 0) is 24.6 Å². The van der Waals surface area contributed by atoms with E-state index in [1.165, 1.54) is 12.1 Å². The van der Waals surface area contributed by atoms with Crippen LogP contribution in [-0.2, 0) is 6.42 Å². The highest BCUT2D eigenvalue weighted by molar-refractivity contribution is 5.56. The van der Waals surface area contributed by atoms with Crippen molar-refractivity contribution >= 4 is 5.82 Å². The number of nitrogens with one attached hydrogen (secondary N) is 2. The van der Waals surface area contributed by atoms with Crippen molar-refractivity contribution in [3.63, 3.8) is 0 Å². The molecule has 1 aliphatic rings. The molecule has 27 heavy (non-hydrogen) atoms. The summed E-state index contributed by atoms with van der Waals surface area (Å²) >= 11 is 0. The van der Waals surface area contributed by atoms with Crippen molar-refractivity contribution in [1.82, 2.24) is 15.0 Å². The lowest BCUT2D eigenvalue weighted by Crippen LogP contribution is -2.21. The first kappa shape index (κ1) is 17.2. The van der Waals surface area contributed by atoms with E-state index in [4.69, 9.17) is 4.74 Å². The first-order valence-electron chi connectivity index (χ1n) is 8.88. The van der Waals surface area contributed by atoms with E-state index < -0.39 is 0 Å². The van der Waals surface area contributed by atoms with Crippen LogP contribution in [0.5, 0.6) is 5.75 Å². The summed E-state index contributed by atoms with van der Waals surface area (Å²) < 4.78 is 19.4. The Hall–Kier alpha value is -3.22. The SMILES string of the molecule is CCc1cc(=O)[nH]c(-c2ccc(N[C@H]3CCOc4c(F)cccc43)nc2)n1. The van der Waals surface area contributed by atoms with Crippen LogP contribution in [-0.4, -0.2) is 21.6 Å². The van der Waals surface area contributed by atoms with Gasteiger partial charge in [-0.25, -0.2) is 14.4 Å². The second-order valence-electron chi connectivity index (χ2n) is 6.36. The number of rotatable bonds is 4. The fourth-order valence-electron chi connectivity index (χ4n) is 3.16. The Morgan fingerprint density at radius 3 is 3.00 bits per heavy atom. The molecule has 0 amide bonds. The average Bonchev–Trinajstić information content (AvgIpc) is 2.69. The number of H-pyrrole nitrogens is 1. The standard InChI is InChI=1S/C20H19FN4O2/c1-2-13-10-18(26)25-20(23-13)12-6-7-17(22-11-12)24-16-8-9-27-19-14(16)4-3-5-15(19)21/h3-7,10-11,16H,2,8-9H2,1H3,(H,22,24)(H,23,25,26)/t16-/m0/s1. The Labute approximate surface area is 155 Å². The van der Waals surface area contributed by atoms with Gasteiger partial charge in [0.15, 0.2) is 11.6 Å². The van der Waals surface area contributed by atoms with Gasteiger partial charge >= 0.3 is 0 Å². The molecule has 7 heteroatoms. The van der Waals surface area contributed by atoms with Crippen LogP contribution in [0.3, 0.4) is 0 Å². The predicted molar refractivity (Wildman–Crippen MR) is 100 cm³/mol. The maximum absolute atomic E-state index is 13.9. The van der Waals surface area contributed by atoms with Crippen molar-refractivity contribution in [2.24, 2.45) is 0 Å². The third-order valence-corrected chi connectivity index (χ3v) is 4.54. The topological polar surface area (TPSA) is 79.9 Å². The van der Waals surface area contributed by atoms with Gasteiger partial charge in [0.05, 0.1) is 12.6 Å². The number of hydrogen-bond acceptors (Lipinski definition) is 5. The molecule has 1 aliphatic heterocycles. The second-order valence-corrected chi connectivity index (χ2v) is 6.36. The summed E-state index contributed by atoms with van der Waals surface area (Å²) in [5, 5.41) is 3.33. The predicted octanol–water partition coefficient (Wildman–Crippen LogP) is 3.47. The van der Waals surface area contributed by atoms with Gasteiger partial charge in [0, 0.05) is 35.5 Å². The molecule has 138 valence electrons. The molecular weight excluding hydrogens is 347 g/mol. The Balaban J connectivity index is 1.57. The molecule has 0 fully saturated rings. The first-order chi connectivity index (χ1) is 13.1. The van der Waals surface area contributed by atoms with Crippen molar-refractivity contribution in [1.29, 1.82) is 0 Å². The Bertz CT molecular complexity index is 1020. The van der Waals surface area contributed by atoms with E-state index in [-0.39, 0.29) is 17.4 Å². The highest BCUT2D eigenvalue weighted by Crippen LogP contribution is 2.35. The molecule has 0 bridgehead atoms. The summed E-state index contributed by atoms with van der Waals surface area (Å²) in [7, 11) is 0. The van der Waals surface area contributed by atoms with Gasteiger partial charge < -0.3 is 15.0 Å². The monoisotopic (exact) mass is 366 g/mol. The molecule has 0 saturated carbocycles. The van der Waals surface area contributed by atoms with Crippen molar-refractivity contribution in [3.05, 3.63) is 70.0 Å². The fraction of sp³-hybridized carbons (Fsp3) is 0.250. The summed E-state index contributed by atoms with van der Waals surface area (Å²) in [5.41, 5.74) is 2.07. The largest absolute Gasteiger partial charge is 0.490 e. The number of aromatic amines is 1. The number of benzene rings is 1. The molecule has 0 saturated heterocycles. The summed E-state index contributed by atoms with van der Waals surface area (Å²) in [5.74, 6) is 1.11. The van der Waals surface area contributed by atoms with E-state index >= 15 is 0 Å². The maximum atomic E-state index is 13.9. The molecule has 3 aromatic rings. The molecular formula is C20H19FN4O2. The van der Waals surface area contributed by atoms with E-state index in [1.54, 1.807) is 12.3 Å². The lowest BCUT2D eigenvalue weighted by atomic mass is 10.0. The molecule has 2 aromatic heterocycles. The van der Waals surface area contributed by atoms with Crippen LogP contribution in [0.4, 0.5) is 10.2 Å². The zero-order valence-corrected chi connectivity index (χ0v) is 14.8. The zero-order chi connectivity index (χ0) is 18.8.